The lowest BCUT2D eigenvalue weighted by Crippen LogP contribution is -2.50. The average molecular weight is 258 g/mol. The van der Waals surface area contributed by atoms with Gasteiger partial charge in [0.25, 0.3) is 0 Å². The van der Waals surface area contributed by atoms with E-state index < -0.39 is 0 Å². The molecule has 1 heterocycles. The fourth-order valence-corrected chi connectivity index (χ4v) is 2.06. The predicted molar refractivity (Wildman–Crippen MR) is 67.3 cm³/mol. The molecule has 17 heavy (non-hydrogen) atoms. The average Bonchev–Trinajstić information content (AvgIpc) is 2.30. The smallest absolute Gasteiger partial charge is 0.124 e. The standard InChI is InChI=1S/C12H17ClFN3/c1-16-4-6-17(7-5-16)15-9-10-2-3-11(14)8-12(10)13/h2-3,8,15H,4-7,9H2,1H3. The molecule has 94 valence electrons. The first kappa shape index (κ1) is 12.8. The summed E-state index contributed by atoms with van der Waals surface area (Å²) in [5, 5.41) is 2.66. The predicted octanol–water partition coefficient (Wildman–Crippen LogP) is 1.73. The van der Waals surface area contributed by atoms with Crippen molar-refractivity contribution in [3.8, 4) is 0 Å². The van der Waals surface area contributed by atoms with Crippen molar-refractivity contribution in [2.45, 2.75) is 6.54 Å². The molecule has 0 radical (unpaired) electrons. The summed E-state index contributed by atoms with van der Waals surface area (Å²) in [4.78, 5) is 2.29. The summed E-state index contributed by atoms with van der Waals surface area (Å²) in [7, 11) is 2.12. The number of benzene rings is 1. The highest BCUT2D eigenvalue weighted by Crippen LogP contribution is 2.17. The van der Waals surface area contributed by atoms with Crippen molar-refractivity contribution < 1.29 is 4.39 Å². The molecule has 0 bridgehead atoms. The second-order valence-electron chi connectivity index (χ2n) is 4.36. The molecule has 0 amide bonds. The molecule has 5 heteroatoms. The van der Waals surface area contributed by atoms with E-state index in [0.29, 0.717) is 11.6 Å². The number of hydrazine groups is 1. The molecular formula is C12H17ClFN3. The van der Waals surface area contributed by atoms with E-state index in [9.17, 15) is 4.39 Å². The first-order valence-corrected chi connectivity index (χ1v) is 6.14. The molecule has 0 atom stereocenters. The van der Waals surface area contributed by atoms with Gasteiger partial charge < -0.3 is 4.90 Å². The van der Waals surface area contributed by atoms with Crippen LogP contribution in [0, 0.1) is 5.82 Å². The van der Waals surface area contributed by atoms with Gasteiger partial charge >= 0.3 is 0 Å². The number of halogens is 2. The van der Waals surface area contributed by atoms with E-state index in [0.717, 1.165) is 31.7 Å². The van der Waals surface area contributed by atoms with Crippen LogP contribution < -0.4 is 5.43 Å². The molecule has 1 aromatic rings. The SMILES string of the molecule is CN1CCN(NCc2ccc(F)cc2Cl)CC1. The van der Waals surface area contributed by atoms with E-state index in [1.807, 2.05) is 0 Å². The third kappa shape index (κ3) is 3.64. The Morgan fingerprint density at radius 3 is 2.65 bits per heavy atom. The third-order valence-corrected chi connectivity index (χ3v) is 3.36. The number of hydrogen-bond donors (Lipinski definition) is 1. The van der Waals surface area contributed by atoms with Crippen molar-refractivity contribution in [2.75, 3.05) is 33.2 Å². The Balaban J connectivity index is 1.85. The molecule has 1 aliphatic rings. The molecule has 1 saturated heterocycles. The summed E-state index contributed by atoms with van der Waals surface area (Å²) in [5.74, 6) is -0.293. The lowest BCUT2D eigenvalue weighted by Gasteiger charge is -2.32. The van der Waals surface area contributed by atoms with Crippen LogP contribution in [0.5, 0.6) is 0 Å². The molecule has 1 fully saturated rings. The highest BCUT2D eigenvalue weighted by atomic mass is 35.5. The van der Waals surface area contributed by atoms with Crippen molar-refractivity contribution in [1.29, 1.82) is 0 Å². The summed E-state index contributed by atoms with van der Waals surface area (Å²) in [6.45, 7) is 4.75. The van der Waals surface area contributed by atoms with E-state index in [1.54, 1.807) is 6.07 Å². The van der Waals surface area contributed by atoms with Crippen molar-refractivity contribution >= 4 is 11.6 Å². The zero-order valence-corrected chi connectivity index (χ0v) is 10.7. The molecule has 1 N–H and O–H groups in total. The van der Waals surface area contributed by atoms with Crippen molar-refractivity contribution in [2.24, 2.45) is 0 Å². The summed E-state index contributed by atoms with van der Waals surface area (Å²) >= 11 is 5.96. The molecule has 0 saturated carbocycles. The van der Waals surface area contributed by atoms with Crippen LogP contribution in [0.25, 0.3) is 0 Å². The molecule has 1 aromatic carbocycles. The van der Waals surface area contributed by atoms with Gasteiger partial charge in [-0.1, -0.05) is 17.7 Å². The normalized spacial score (nSPS) is 18.5. The molecule has 0 aromatic heterocycles. The number of nitrogens with zero attached hydrogens (tertiary/aromatic N) is 2. The van der Waals surface area contributed by atoms with Crippen molar-refractivity contribution in [3.05, 3.63) is 34.6 Å². The van der Waals surface area contributed by atoms with Gasteiger partial charge in [-0.15, -0.1) is 0 Å². The fourth-order valence-electron chi connectivity index (χ4n) is 1.83. The van der Waals surface area contributed by atoms with Gasteiger partial charge in [-0.2, -0.15) is 0 Å². The molecule has 3 nitrogen and oxygen atoms in total. The Morgan fingerprint density at radius 2 is 2.00 bits per heavy atom. The molecule has 0 spiro atoms. The Labute approximate surface area is 106 Å². The van der Waals surface area contributed by atoms with Crippen LogP contribution in [-0.2, 0) is 6.54 Å². The molecule has 0 unspecified atom stereocenters. The number of piperazine rings is 1. The minimum absolute atomic E-state index is 0.293. The number of likely N-dealkylation sites (N-methyl/N-ethyl adjacent to an activating group) is 1. The van der Waals surface area contributed by atoms with Gasteiger partial charge in [-0.05, 0) is 24.7 Å². The largest absolute Gasteiger partial charge is 0.304 e. The molecule has 0 aliphatic carbocycles. The summed E-state index contributed by atoms with van der Waals surface area (Å²) in [6.07, 6.45) is 0. The molecule has 2 rings (SSSR count). The van der Waals surface area contributed by atoms with Gasteiger partial charge in [0.15, 0.2) is 0 Å². The summed E-state index contributed by atoms with van der Waals surface area (Å²) in [6, 6.07) is 4.51. The Morgan fingerprint density at radius 1 is 1.29 bits per heavy atom. The maximum atomic E-state index is 12.9. The number of hydrogen-bond acceptors (Lipinski definition) is 3. The van der Waals surface area contributed by atoms with Gasteiger partial charge in [0.05, 0.1) is 0 Å². The highest BCUT2D eigenvalue weighted by Gasteiger charge is 2.13. The second kappa shape index (κ2) is 5.78. The maximum absolute atomic E-state index is 12.9. The molecule has 1 aliphatic heterocycles. The van der Waals surface area contributed by atoms with Crippen LogP contribution in [0.4, 0.5) is 4.39 Å². The Kier molecular flexibility index (Phi) is 4.34. The van der Waals surface area contributed by atoms with Gasteiger partial charge in [0.2, 0.25) is 0 Å². The Bertz CT molecular complexity index is 378. The van der Waals surface area contributed by atoms with Crippen LogP contribution in [0.3, 0.4) is 0 Å². The van der Waals surface area contributed by atoms with Gasteiger partial charge in [0.1, 0.15) is 5.82 Å². The first-order valence-electron chi connectivity index (χ1n) is 5.76. The van der Waals surface area contributed by atoms with E-state index in [2.05, 4.69) is 22.4 Å². The zero-order valence-electron chi connectivity index (χ0n) is 9.92. The fraction of sp³-hybridized carbons (Fsp3) is 0.500. The van der Waals surface area contributed by atoms with Crippen molar-refractivity contribution in [3.63, 3.8) is 0 Å². The molecular weight excluding hydrogens is 241 g/mol. The van der Waals surface area contributed by atoms with E-state index >= 15 is 0 Å². The number of rotatable bonds is 3. The van der Waals surface area contributed by atoms with Crippen LogP contribution >= 0.6 is 11.6 Å². The lowest BCUT2D eigenvalue weighted by atomic mass is 10.2. The topological polar surface area (TPSA) is 18.5 Å². The zero-order chi connectivity index (χ0) is 12.3. The summed E-state index contributed by atoms with van der Waals surface area (Å²) in [5.41, 5.74) is 4.24. The van der Waals surface area contributed by atoms with E-state index in [4.69, 9.17) is 11.6 Å². The maximum Gasteiger partial charge on any atom is 0.124 e. The number of nitrogens with one attached hydrogen (secondary N) is 1. The van der Waals surface area contributed by atoms with Gasteiger partial charge in [-0.25, -0.2) is 9.40 Å². The van der Waals surface area contributed by atoms with E-state index in [-0.39, 0.29) is 5.82 Å². The summed E-state index contributed by atoms with van der Waals surface area (Å²) < 4.78 is 12.9. The monoisotopic (exact) mass is 257 g/mol. The third-order valence-electron chi connectivity index (χ3n) is 3.01. The van der Waals surface area contributed by atoms with Crippen LogP contribution in [-0.4, -0.2) is 43.1 Å². The Hall–Kier alpha value is -0.680. The second-order valence-corrected chi connectivity index (χ2v) is 4.77. The lowest BCUT2D eigenvalue weighted by molar-refractivity contribution is 0.102. The minimum atomic E-state index is -0.293. The van der Waals surface area contributed by atoms with Crippen LogP contribution in [0.1, 0.15) is 5.56 Å². The minimum Gasteiger partial charge on any atom is -0.304 e. The quantitative estimate of drug-likeness (QED) is 0.890. The van der Waals surface area contributed by atoms with Crippen molar-refractivity contribution in [1.82, 2.24) is 15.3 Å². The van der Waals surface area contributed by atoms with Gasteiger partial charge in [-0.3, -0.25) is 5.43 Å². The highest BCUT2D eigenvalue weighted by molar-refractivity contribution is 6.31. The first-order chi connectivity index (χ1) is 8.15. The van der Waals surface area contributed by atoms with Crippen LogP contribution in [0.15, 0.2) is 18.2 Å². The van der Waals surface area contributed by atoms with E-state index in [1.165, 1.54) is 12.1 Å². The van der Waals surface area contributed by atoms with Crippen LogP contribution in [0.2, 0.25) is 5.02 Å². The van der Waals surface area contributed by atoms with Gasteiger partial charge in [0, 0.05) is 37.7 Å².